The molecular formula is C18H18Cl2O2. The van der Waals surface area contributed by atoms with Gasteiger partial charge in [-0.05, 0) is 73.5 Å². The Balaban J connectivity index is 1.85. The molecule has 22 heavy (non-hydrogen) atoms. The van der Waals surface area contributed by atoms with Gasteiger partial charge < -0.3 is 9.47 Å². The van der Waals surface area contributed by atoms with Crippen LogP contribution in [0.2, 0.25) is 10.0 Å². The molecule has 0 bridgehead atoms. The quantitative estimate of drug-likeness (QED) is 0.621. The second kappa shape index (κ2) is 8.11. The number of benzene rings is 2. The van der Waals surface area contributed by atoms with Gasteiger partial charge >= 0.3 is 0 Å². The molecule has 0 aliphatic rings. The van der Waals surface area contributed by atoms with Crippen LogP contribution in [-0.4, -0.2) is 13.2 Å². The van der Waals surface area contributed by atoms with E-state index in [1.54, 1.807) is 0 Å². The summed E-state index contributed by atoms with van der Waals surface area (Å²) in [4.78, 5) is 0. The van der Waals surface area contributed by atoms with Crippen LogP contribution in [0.3, 0.4) is 0 Å². The van der Waals surface area contributed by atoms with Gasteiger partial charge in [0.25, 0.3) is 0 Å². The third-order valence-corrected chi connectivity index (χ3v) is 3.77. The molecule has 0 spiro atoms. The fourth-order valence-corrected chi connectivity index (χ4v) is 1.94. The van der Waals surface area contributed by atoms with Crippen LogP contribution in [0.25, 0.3) is 0 Å². The van der Waals surface area contributed by atoms with Crippen molar-refractivity contribution in [3.05, 3.63) is 69.7 Å². The predicted molar refractivity (Wildman–Crippen MR) is 92.3 cm³/mol. The summed E-state index contributed by atoms with van der Waals surface area (Å²) >= 11 is 11.7. The van der Waals surface area contributed by atoms with Gasteiger partial charge in [-0.2, -0.15) is 0 Å². The van der Waals surface area contributed by atoms with Crippen molar-refractivity contribution >= 4 is 23.2 Å². The summed E-state index contributed by atoms with van der Waals surface area (Å²) in [6, 6.07) is 14.7. The van der Waals surface area contributed by atoms with Gasteiger partial charge in [-0.1, -0.05) is 23.2 Å². The Labute approximate surface area is 141 Å². The van der Waals surface area contributed by atoms with Crippen LogP contribution in [0.5, 0.6) is 11.5 Å². The predicted octanol–water partition coefficient (Wildman–Crippen LogP) is 5.79. The highest BCUT2D eigenvalue weighted by Crippen LogP contribution is 2.18. The lowest BCUT2D eigenvalue weighted by molar-refractivity contribution is 0.333. The van der Waals surface area contributed by atoms with Crippen molar-refractivity contribution in [2.45, 2.75) is 13.8 Å². The third-order valence-electron chi connectivity index (χ3n) is 3.27. The molecule has 0 saturated heterocycles. The number of ether oxygens (including phenoxy) is 2. The van der Waals surface area contributed by atoms with E-state index in [0.29, 0.717) is 23.3 Å². The van der Waals surface area contributed by atoms with Crippen LogP contribution < -0.4 is 9.47 Å². The standard InChI is InChI=1S/C18H18Cl2O2/c1-13(11-21-17-7-3-15(19)4-8-17)14(2)12-22-18-9-5-16(20)6-10-18/h3-10H,11-12H2,1-2H3/b14-13+. The van der Waals surface area contributed by atoms with E-state index in [1.807, 2.05) is 62.4 Å². The van der Waals surface area contributed by atoms with Gasteiger partial charge in [0.05, 0.1) is 0 Å². The summed E-state index contributed by atoms with van der Waals surface area (Å²) in [7, 11) is 0. The molecule has 2 aromatic rings. The lowest BCUT2D eigenvalue weighted by Gasteiger charge is -2.11. The van der Waals surface area contributed by atoms with E-state index in [1.165, 1.54) is 0 Å². The second-order valence-electron chi connectivity index (χ2n) is 5.05. The number of halogens is 2. The Morgan fingerprint density at radius 3 is 1.32 bits per heavy atom. The van der Waals surface area contributed by atoms with Gasteiger partial charge in [-0.3, -0.25) is 0 Å². The topological polar surface area (TPSA) is 18.5 Å². The Kier molecular flexibility index (Phi) is 6.17. The minimum absolute atomic E-state index is 0.525. The lowest BCUT2D eigenvalue weighted by Crippen LogP contribution is -2.06. The van der Waals surface area contributed by atoms with E-state index >= 15 is 0 Å². The van der Waals surface area contributed by atoms with E-state index < -0.39 is 0 Å². The van der Waals surface area contributed by atoms with Crippen molar-refractivity contribution in [2.75, 3.05) is 13.2 Å². The van der Waals surface area contributed by atoms with Crippen LogP contribution in [0, 0.1) is 0 Å². The van der Waals surface area contributed by atoms with Gasteiger partial charge in [-0.25, -0.2) is 0 Å². The molecule has 2 aromatic carbocycles. The zero-order valence-electron chi connectivity index (χ0n) is 12.6. The Bertz CT molecular complexity index is 574. The second-order valence-corrected chi connectivity index (χ2v) is 5.92. The minimum atomic E-state index is 0.525. The van der Waals surface area contributed by atoms with Gasteiger partial charge in [-0.15, -0.1) is 0 Å². The number of rotatable bonds is 6. The zero-order valence-corrected chi connectivity index (χ0v) is 14.1. The van der Waals surface area contributed by atoms with Gasteiger partial charge in [0.1, 0.15) is 24.7 Å². The molecule has 0 N–H and O–H groups in total. The van der Waals surface area contributed by atoms with Gasteiger partial charge in [0.2, 0.25) is 0 Å². The van der Waals surface area contributed by atoms with Crippen LogP contribution in [-0.2, 0) is 0 Å². The summed E-state index contributed by atoms with van der Waals surface area (Å²) in [6.07, 6.45) is 0. The maximum absolute atomic E-state index is 5.84. The maximum atomic E-state index is 5.84. The number of hydrogen-bond acceptors (Lipinski definition) is 2. The summed E-state index contributed by atoms with van der Waals surface area (Å²) < 4.78 is 11.4. The molecule has 0 heterocycles. The largest absolute Gasteiger partial charge is 0.489 e. The third kappa shape index (κ3) is 5.28. The SMILES string of the molecule is C/C(COc1ccc(Cl)cc1)=C(/C)COc1ccc(Cl)cc1. The minimum Gasteiger partial charge on any atom is -0.489 e. The first-order valence-electron chi connectivity index (χ1n) is 6.96. The summed E-state index contributed by atoms with van der Waals surface area (Å²) in [6.45, 7) is 5.13. The fourth-order valence-electron chi connectivity index (χ4n) is 1.69. The van der Waals surface area contributed by atoms with Crippen molar-refractivity contribution < 1.29 is 9.47 Å². The molecule has 0 aliphatic carbocycles. The Morgan fingerprint density at radius 1 is 0.682 bits per heavy atom. The molecule has 0 amide bonds. The van der Waals surface area contributed by atoms with E-state index in [-0.39, 0.29) is 0 Å². The molecule has 0 aromatic heterocycles. The van der Waals surface area contributed by atoms with Crippen molar-refractivity contribution in [3.63, 3.8) is 0 Å². The average Bonchev–Trinajstić information content (AvgIpc) is 2.53. The molecule has 0 radical (unpaired) electrons. The first kappa shape index (κ1) is 16.7. The molecule has 2 nitrogen and oxygen atoms in total. The lowest BCUT2D eigenvalue weighted by atomic mass is 10.2. The smallest absolute Gasteiger partial charge is 0.119 e. The first-order chi connectivity index (χ1) is 10.5. The molecule has 0 saturated carbocycles. The molecule has 0 atom stereocenters. The van der Waals surface area contributed by atoms with Gasteiger partial charge in [0, 0.05) is 10.0 Å². The normalized spacial score (nSPS) is 11.8. The highest BCUT2D eigenvalue weighted by molar-refractivity contribution is 6.30. The van der Waals surface area contributed by atoms with E-state index in [0.717, 1.165) is 22.6 Å². The van der Waals surface area contributed by atoms with Gasteiger partial charge in [0.15, 0.2) is 0 Å². The van der Waals surface area contributed by atoms with Crippen molar-refractivity contribution in [1.29, 1.82) is 0 Å². The molecule has 0 unspecified atom stereocenters. The Hall–Kier alpha value is -1.64. The van der Waals surface area contributed by atoms with Crippen LogP contribution in [0.15, 0.2) is 59.7 Å². The zero-order chi connectivity index (χ0) is 15.9. The van der Waals surface area contributed by atoms with Crippen LogP contribution in [0.4, 0.5) is 0 Å². The molecule has 116 valence electrons. The average molecular weight is 337 g/mol. The van der Waals surface area contributed by atoms with E-state index in [4.69, 9.17) is 32.7 Å². The van der Waals surface area contributed by atoms with Crippen LogP contribution in [0.1, 0.15) is 13.8 Å². The van der Waals surface area contributed by atoms with Crippen molar-refractivity contribution in [3.8, 4) is 11.5 Å². The molecule has 4 heteroatoms. The molecule has 0 aliphatic heterocycles. The molecule has 2 rings (SSSR count). The molecular weight excluding hydrogens is 319 g/mol. The maximum Gasteiger partial charge on any atom is 0.119 e. The monoisotopic (exact) mass is 336 g/mol. The summed E-state index contributed by atoms with van der Waals surface area (Å²) in [5, 5.41) is 1.40. The highest BCUT2D eigenvalue weighted by atomic mass is 35.5. The summed E-state index contributed by atoms with van der Waals surface area (Å²) in [5.74, 6) is 1.60. The summed E-state index contributed by atoms with van der Waals surface area (Å²) in [5.41, 5.74) is 2.29. The van der Waals surface area contributed by atoms with Crippen LogP contribution >= 0.6 is 23.2 Å². The van der Waals surface area contributed by atoms with E-state index in [2.05, 4.69) is 0 Å². The highest BCUT2D eigenvalue weighted by Gasteiger charge is 2.01. The first-order valence-corrected chi connectivity index (χ1v) is 7.72. The van der Waals surface area contributed by atoms with Crippen molar-refractivity contribution in [1.82, 2.24) is 0 Å². The van der Waals surface area contributed by atoms with Crippen molar-refractivity contribution in [2.24, 2.45) is 0 Å². The fraction of sp³-hybridized carbons (Fsp3) is 0.222. The molecule has 0 fully saturated rings. The number of hydrogen-bond donors (Lipinski definition) is 0. The van der Waals surface area contributed by atoms with E-state index in [9.17, 15) is 0 Å². The Morgan fingerprint density at radius 2 is 1.00 bits per heavy atom.